The normalized spacial score (nSPS) is 12.8. The van der Waals surface area contributed by atoms with Gasteiger partial charge in [-0.15, -0.1) is 5.06 Å². The molecule has 0 aliphatic carbocycles. The molecule has 3 amide bonds. The lowest BCUT2D eigenvalue weighted by atomic mass is 10.1. The van der Waals surface area contributed by atoms with Gasteiger partial charge in [-0.3, -0.25) is 14.4 Å². The number of rotatable bonds is 44. The van der Waals surface area contributed by atoms with E-state index in [0.717, 1.165) is 12.1 Å². The van der Waals surface area contributed by atoms with Crippen LogP contribution in [-0.4, -0.2) is 211 Å². The number of unbranched alkanes of at least 4 members (excludes halogenated alkanes) is 2. The smallest absolute Gasteiger partial charge is 0.349 e. The number of benzene rings is 1. The third-order valence-electron chi connectivity index (χ3n) is 9.58. The Bertz CT molecular complexity index is 1810. The SMILES string of the molecule is COCCOCCOCCOCCOCCOCCOCCOCCOCCOCCOCCOCCN(CCCCCC(=O)ON1C(=O)CCC1=O)C(=O)c1cc2cc(F)c(O)c(F)c2oc1=O. The number of aromatic hydroxyl groups is 1. The van der Waals surface area contributed by atoms with Crippen LogP contribution in [0.2, 0.25) is 0 Å². The van der Waals surface area contributed by atoms with Crippen molar-refractivity contribution in [3.8, 4) is 5.75 Å². The predicted molar refractivity (Wildman–Crippen MR) is 237 cm³/mol. The molecule has 1 aromatic heterocycles. The molecule has 2 aromatic rings. The fourth-order valence-corrected chi connectivity index (χ4v) is 5.99. The lowest BCUT2D eigenvalue weighted by molar-refractivity contribution is -0.197. The molecule has 1 aromatic carbocycles. The van der Waals surface area contributed by atoms with Crippen molar-refractivity contribution >= 4 is 34.7 Å². The fraction of sp³-hybridized carbons (Fsp3) is 0.711. The summed E-state index contributed by atoms with van der Waals surface area (Å²) in [5.74, 6) is -6.84. The van der Waals surface area contributed by atoms with Gasteiger partial charge in [-0.1, -0.05) is 6.42 Å². The van der Waals surface area contributed by atoms with Crippen LogP contribution in [0, 0.1) is 11.6 Å². The van der Waals surface area contributed by atoms with Gasteiger partial charge in [-0.2, -0.15) is 4.39 Å². The van der Waals surface area contributed by atoms with E-state index in [1.165, 1.54) is 4.90 Å². The molecule has 0 unspecified atom stereocenters. The van der Waals surface area contributed by atoms with E-state index < -0.39 is 57.8 Å². The Labute approximate surface area is 399 Å². The lowest BCUT2D eigenvalue weighted by Crippen LogP contribution is -2.37. The summed E-state index contributed by atoms with van der Waals surface area (Å²) in [5.41, 5.74) is -2.40. The van der Waals surface area contributed by atoms with Crippen LogP contribution >= 0.6 is 0 Å². The first-order valence-corrected chi connectivity index (χ1v) is 23.0. The Balaban J connectivity index is 1.15. The summed E-state index contributed by atoms with van der Waals surface area (Å²) in [6, 6.07) is 1.72. The molecule has 3 rings (SSSR count). The van der Waals surface area contributed by atoms with Crippen LogP contribution in [-0.2, 0) is 76.1 Å². The van der Waals surface area contributed by atoms with Gasteiger partial charge in [0, 0.05) is 44.8 Å². The minimum absolute atomic E-state index is 0.00884. The second-order valence-corrected chi connectivity index (χ2v) is 14.8. The number of hydroxylamine groups is 2. The zero-order valence-electron chi connectivity index (χ0n) is 39.4. The van der Waals surface area contributed by atoms with Crippen LogP contribution in [0.3, 0.4) is 0 Å². The minimum atomic E-state index is -1.48. The standard InChI is InChI=1S/C45H68F2N2O20/c1-56-11-12-58-15-16-60-19-20-62-23-24-64-27-28-66-31-32-67-30-29-65-26-25-63-22-21-61-18-17-59-14-13-57-10-9-48(8-4-2-3-5-40(52)69-49-38(50)6-7-39(49)51)44(54)36-33-35-34-37(46)42(53)41(47)43(35)68-45(36)55/h33-34,53H,2-32H2,1H3. The highest BCUT2D eigenvalue weighted by Gasteiger charge is 2.32. The van der Waals surface area contributed by atoms with E-state index in [1.54, 1.807) is 7.11 Å². The maximum Gasteiger partial charge on any atom is 0.349 e. The molecule has 2 heterocycles. The van der Waals surface area contributed by atoms with Gasteiger partial charge in [0.25, 0.3) is 17.7 Å². The van der Waals surface area contributed by atoms with Gasteiger partial charge in [0.2, 0.25) is 5.82 Å². The predicted octanol–water partition coefficient (Wildman–Crippen LogP) is 2.22. The zero-order chi connectivity index (χ0) is 49.7. The highest BCUT2D eigenvalue weighted by Crippen LogP contribution is 2.28. The van der Waals surface area contributed by atoms with E-state index in [9.17, 15) is 37.9 Å². The number of hydrogen-bond acceptors (Lipinski definition) is 20. The van der Waals surface area contributed by atoms with Crippen molar-refractivity contribution in [3.05, 3.63) is 39.8 Å². The van der Waals surface area contributed by atoms with Crippen LogP contribution in [0.4, 0.5) is 8.78 Å². The number of fused-ring (bicyclic) bond motifs is 1. The summed E-state index contributed by atoms with van der Waals surface area (Å²) in [6.07, 6.45) is 0.917. The van der Waals surface area contributed by atoms with Gasteiger partial charge in [0.05, 0.1) is 152 Å². The number of amides is 3. The molecule has 1 aliphatic rings. The Morgan fingerprint density at radius 3 is 1.41 bits per heavy atom. The molecule has 1 saturated heterocycles. The highest BCUT2D eigenvalue weighted by atomic mass is 19.1. The summed E-state index contributed by atoms with van der Waals surface area (Å²) in [7, 11) is 1.63. The van der Waals surface area contributed by atoms with E-state index >= 15 is 0 Å². The maximum absolute atomic E-state index is 14.4. The summed E-state index contributed by atoms with van der Waals surface area (Å²) in [4.78, 5) is 68.0. The maximum atomic E-state index is 14.4. The molecule has 0 radical (unpaired) electrons. The van der Waals surface area contributed by atoms with Crippen LogP contribution in [0.5, 0.6) is 5.75 Å². The van der Waals surface area contributed by atoms with Crippen molar-refractivity contribution in [1.82, 2.24) is 9.96 Å². The second kappa shape index (κ2) is 37.5. The Kier molecular flexibility index (Phi) is 32.1. The highest BCUT2D eigenvalue weighted by molar-refractivity contribution is 6.01. The van der Waals surface area contributed by atoms with Crippen LogP contribution < -0.4 is 5.63 Å². The summed E-state index contributed by atoms with van der Waals surface area (Å²) >= 11 is 0. The lowest BCUT2D eigenvalue weighted by Gasteiger charge is -2.22. The van der Waals surface area contributed by atoms with Crippen LogP contribution in [0.1, 0.15) is 48.9 Å². The molecule has 1 fully saturated rings. The quantitative estimate of drug-likeness (QED) is 0.0568. The van der Waals surface area contributed by atoms with Gasteiger partial charge < -0.3 is 76.1 Å². The Morgan fingerprint density at radius 2 is 0.986 bits per heavy atom. The number of ether oxygens (including phenoxy) is 12. The van der Waals surface area contributed by atoms with Gasteiger partial charge >= 0.3 is 11.6 Å². The van der Waals surface area contributed by atoms with E-state index in [1.807, 2.05) is 0 Å². The first-order valence-electron chi connectivity index (χ1n) is 23.0. The molecule has 69 heavy (non-hydrogen) atoms. The molecule has 1 N–H and O–H groups in total. The fourth-order valence-electron chi connectivity index (χ4n) is 5.99. The molecule has 392 valence electrons. The summed E-state index contributed by atoms with van der Waals surface area (Å²) < 4.78 is 98.5. The molecule has 0 atom stereocenters. The number of methoxy groups -OCH3 is 1. The molecule has 0 spiro atoms. The van der Waals surface area contributed by atoms with Crippen molar-refractivity contribution in [2.75, 3.05) is 172 Å². The van der Waals surface area contributed by atoms with Gasteiger partial charge in [-0.25, -0.2) is 14.0 Å². The number of phenolic OH excluding ortho intramolecular Hbond substituents is 1. The topological polar surface area (TPSA) is 245 Å². The minimum Gasteiger partial charge on any atom is -0.503 e. The monoisotopic (exact) mass is 994 g/mol. The summed E-state index contributed by atoms with van der Waals surface area (Å²) in [6.45, 7) is 9.51. The van der Waals surface area contributed by atoms with Crippen molar-refractivity contribution in [1.29, 1.82) is 0 Å². The van der Waals surface area contributed by atoms with Crippen LogP contribution in [0.25, 0.3) is 11.0 Å². The van der Waals surface area contributed by atoms with Crippen molar-refractivity contribution in [2.24, 2.45) is 0 Å². The first kappa shape index (κ1) is 59.0. The van der Waals surface area contributed by atoms with Gasteiger partial charge in [0.15, 0.2) is 17.1 Å². The molecule has 0 saturated carbocycles. The first-order chi connectivity index (χ1) is 33.6. The number of imide groups is 1. The average molecular weight is 995 g/mol. The van der Waals surface area contributed by atoms with E-state index in [2.05, 4.69) is 0 Å². The third kappa shape index (κ3) is 25.4. The molecule has 0 bridgehead atoms. The van der Waals surface area contributed by atoms with Crippen LogP contribution in [0.15, 0.2) is 21.3 Å². The number of carbonyl (C=O) groups excluding carboxylic acids is 4. The van der Waals surface area contributed by atoms with Crippen molar-refractivity contribution in [3.63, 3.8) is 0 Å². The van der Waals surface area contributed by atoms with Crippen molar-refractivity contribution in [2.45, 2.75) is 38.5 Å². The molecule has 1 aliphatic heterocycles. The average Bonchev–Trinajstić information content (AvgIpc) is 3.65. The number of nitrogens with zero attached hydrogens (tertiary/aromatic N) is 2. The van der Waals surface area contributed by atoms with E-state index in [0.29, 0.717) is 156 Å². The molecule has 22 nitrogen and oxygen atoms in total. The Morgan fingerprint density at radius 1 is 0.580 bits per heavy atom. The Hall–Kier alpha value is -4.31. The summed E-state index contributed by atoms with van der Waals surface area (Å²) in [5, 5.41) is 9.79. The second-order valence-electron chi connectivity index (χ2n) is 14.8. The number of phenols is 1. The molecular weight excluding hydrogens is 926 g/mol. The number of hydrogen-bond donors (Lipinski definition) is 1. The van der Waals surface area contributed by atoms with Gasteiger partial charge in [0.1, 0.15) is 5.56 Å². The number of halogens is 2. The number of carbonyl (C=O) groups is 4. The van der Waals surface area contributed by atoms with Crippen molar-refractivity contribution < 1.29 is 99.2 Å². The third-order valence-corrected chi connectivity index (χ3v) is 9.58. The molecular formula is C45H68F2N2O20. The van der Waals surface area contributed by atoms with Gasteiger partial charge in [-0.05, 0) is 25.0 Å². The molecule has 24 heteroatoms. The van der Waals surface area contributed by atoms with E-state index in [-0.39, 0.29) is 57.6 Å². The zero-order valence-corrected chi connectivity index (χ0v) is 39.4. The van der Waals surface area contributed by atoms with E-state index in [4.69, 9.17) is 66.1 Å². The largest absolute Gasteiger partial charge is 0.503 e.